The number of ether oxygens (including phenoxy) is 1. The van der Waals surface area contributed by atoms with E-state index in [-0.39, 0.29) is 11.8 Å². The van der Waals surface area contributed by atoms with E-state index in [0.717, 1.165) is 33.6 Å². The molecule has 3 aromatic heterocycles. The van der Waals surface area contributed by atoms with Crippen molar-refractivity contribution in [2.75, 3.05) is 5.32 Å². The number of hydrogen-bond donors (Lipinski definition) is 2. The van der Waals surface area contributed by atoms with Crippen molar-refractivity contribution in [3.05, 3.63) is 76.4 Å². The number of nitrogens with zero attached hydrogens (tertiary/aromatic N) is 4. The first-order chi connectivity index (χ1) is 17.0. The smallest absolute Gasteiger partial charge is 0.232 e. The Morgan fingerprint density at radius 2 is 1.64 bits per heavy atom. The van der Waals surface area contributed by atoms with E-state index < -0.39 is 11.0 Å². The number of carbonyl (C=O) groups is 1. The molecule has 9 heteroatoms. The molecule has 0 spiro atoms. The maximum atomic E-state index is 13.4. The van der Waals surface area contributed by atoms with Crippen molar-refractivity contribution in [3.63, 3.8) is 0 Å². The number of nitrogens with one attached hydrogen (secondary N) is 1. The SMILES string of the molecule is Cc1ccc2c(n1)Oc1nc(-c3ccc(C(C)(C)O)cc3)ccc1[C@@H]2C(C)(C)C(=O)Nc1nncs1. The lowest BCUT2D eigenvalue weighted by molar-refractivity contribution is -0.124. The zero-order chi connectivity index (χ0) is 25.7. The standard InChI is InChI=1S/C27H27N5O3S/c1-15-6-11-18-21(26(2,3)24(33)31-25-32-28-14-36-25)19-12-13-20(30-23(19)35-22(18)29-15)16-7-9-17(10-8-16)27(4,5)34/h6-14,21,34H,1-5H3,(H,31,32,33)/t21-/m1/s1. The first kappa shape index (κ1) is 24.0. The molecule has 1 amide bonds. The first-order valence-corrected chi connectivity index (χ1v) is 12.5. The second-order valence-corrected chi connectivity index (χ2v) is 10.9. The molecule has 184 valence electrons. The summed E-state index contributed by atoms with van der Waals surface area (Å²) < 4.78 is 6.20. The summed E-state index contributed by atoms with van der Waals surface area (Å²) in [5.74, 6) is 0.337. The van der Waals surface area contributed by atoms with Gasteiger partial charge in [0, 0.05) is 28.3 Å². The van der Waals surface area contributed by atoms with Gasteiger partial charge in [-0.3, -0.25) is 4.79 Å². The molecule has 0 fully saturated rings. The molecule has 1 atom stereocenters. The van der Waals surface area contributed by atoms with Gasteiger partial charge in [-0.05, 0) is 38.5 Å². The molecular weight excluding hydrogens is 474 g/mol. The van der Waals surface area contributed by atoms with Crippen molar-refractivity contribution < 1.29 is 14.6 Å². The van der Waals surface area contributed by atoms with Gasteiger partial charge < -0.3 is 15.2 Å². The summed E-state index contributed by atoms with van der Waals surface area (Å²) in [5.41, 5.74) is 4.65. The van der Waals surface area contributed by atoms with Gasteiger partial charge in [-0.25, -0.2) is 9.97 Å². The number of carbonyl (C=O) groups excluding carboxylic acids is 1. The van der Waals surface area contributed by atoms with Gasteiger partial charge in [0.2, 0.25) is 22.8 Å². The maximum absolute atomic E-state index is 13.4. The van der Waals surface area contributed by atoms with Crippen LogP contribution in [0.3, 0.4) is 0 Å². The number of benzene rings is 1. The number of fused-ring (bicyclic) bond motifs is 2. The second-order valence-electron chi connectivity index (χ2n) is 10.0. The summed E-state index contributed by atoms with van der Waals surface area (Å²) in [7, 11) is 0. The van der Waals surface area contributed by atoms with Crippen molar-refractivity contribution in [2.45, 2.75) is 46.1 Å². The van der Waals surface area contributed by atoms with Crippen LogP contribution < -0.4 is 10.1 Å². The van der Waals surface area contributed by atoms with Crippen LogP contribution in [0.5, 0.6) is 11.8 Å². The number of pyridine rings is 2. The zero-order valence-corrected chi connectivity index (χ0v) is 21.6. The number of aryl methyl sites for hydroxylation is 1. The summed E-state index contributed by atoms with van der Waals surface area (Å²) >= 11 is 1.27. The fourth-order valence-electron chi connectivity index (χ4n) is 4.46. The van der Waals surface area contributed by atoms with Gasteiger partial charge in [-0.15, -0.1) is 10.2 Å². The second kappa shape index (κ2) is 8.76. The summed E-state index contributed by atoms with van der Waals surface area (Å²) in [5, 5.41) is 21.4. The molecule has 4 heterocycles. The lowest BCUT2D eigenvalue weighted by Gasteiger charge is -2.37. The number of aliphatic hydroxyl groups is 1. The fourth-order valence-corrected chi connectivity index (χ4v) is 4.90. The minimum absolute atomic E-state index is 0.185. The van der Waals surface area contributed by atoms with Crippen LogP contribution in [0.15, 0.2) is 54.0 Å². The van der Waals surface area contributed by atoms with Gasteiger partial charge in [-0.2, -0.15) is 0 Å². The summed E-state index contributed by atoms with van der Waals surface area (Å²) in [6, 6.07) is 15.4. The van der Waals surface area contributed by atoms with E-state index >= 15 is 0 Å². The van der Waals surface area contributed by atoms with E-state index in [0.29, 0.717) is 16.9 Å². The van der Waals surface area contributed by atoms with Gasteiger partial charge in [0.25, 0.3) is 0 Å². The average molecular weight is 502 g/mol. The molecule has 4 aromatic rings. The number of rotatable bonds is 5. The average Bonchev–Trinajstić information content (AvgIpc) is 3.34. The molecule has 1 aliphatic rings. The van der Waals surface area contributed by atoms with Gasteiger partial charge in [-0.1, -0.05) is 61.6 Å². The summed E-state index contributed by atoms with van der Waals surface area (Å²) in [6.07, 6.45) is 0. The van der Waals surface area contributed by atoms with E-state index in [9.17, 15) is 9.90 Å². The Labute approximate surface area is 213 Å². The van der Waals surface area contributed by atoms with Crippen LogP contribution in [0, 0.1) is 12.3 Å². The minimum atomic E-state index is -0.924. The normalized spacial score (nSPS) is 15.0. The highest BCUT2D eigenvalue weighted by Gasteiger charge is 2.45. The van der Waals surface area contributed by atoms with Crippen LogP contribution in [0.25, 0.3) is 11.3 Å². The Morgan fingerprint density at radius 1 is 0.972 bits per heavy atom. The van der Waals surface area contributed by atoms with Crippen molar-refractivity contribution >= 4 is 22.4 Å². The molecule has 0 aliphatic carbocycles. The van der Waals surface area contributed by atoms with E-state index in [1.807, 2.05) is 69.3 Å². The first-order valence-electron chi connectivity index (χ1n) is 11.6. The molecule has 5 rings (SSSR count). The molecule has 1 aromatic carbocycles. The predicted octanol–water partition coefficient (Wildman–Crippen LogP) is 5.43. The lowest BCUT2D eigenvalue weighted by Crippen LogP contribution is -2.38. The van der Waals surface area contributed by atoms with E-state index in [4.69, 9.17) is 9.72 Å². The third kappa shape index (κ3) is 4.36. The Bertz CT molecular complexity index is 1430. The molecule has 0 saturated carbocycles. The van der Waals surface area contributed by atoms with Gasteiger partial charge >= 0.3 is 0 Å². The zero-order valence-electron chi connectivity index (χ0n) is 20.7. The van der Waals surface area contributed by atoms with Crippen LogP contribution in [-0.2, 0) is 10.4 Å². The largest absolute Gasteiger partial charge is 0.420 e. The van der Waals surface area contributed by atoms with Crippen molar-refractivity contribution in [2.24, 2.45) is 5.41 Å². The Kier molecular flexibility index (Phi) is 5.84. The monoisotopic (exact) mass is 501 g/mol. The van der Waals surface area contributed by atoms with Crippen molar-refractivity contribution in [1.82, 2.24) is 20.2 Å². The predicted molar refractivity (Wildman–Crippen MR) is 138 cm³/mol. The lowest BCUT2D eigenvalue weighted by atomic mass is 9.70. The van der Waals surface area contributed by atoms with Crippen molar-refractivity contribution in [3.8, 4) is 23.0 Å². The Hall–Kier alpha value is -3.69. The number of amides is 1. The third-order valence-electron chi connectivity index (χ3n) is 6.51. The highest BCUT2D eigenvalue weighted by molar-refractivity contribution is 7.13. The molecule has 8 nitrogen and oxygen atoms in total. The van der Waals surface area contributed by atoms with Crippen LogP contribution in [0.1, 0.15) is 56.0 Å². The van der Waals surface area contributed by atoms with Crippen LogP contribution in [0.2, 0.25) is 0 Å². The Balaban J connectivity index is 1.57. The van der Waals surface area contributed by atoms with E-state index in [1.165, 1.54) is 11.3 Å². The number of hydrogen-bond acceptors (Lipinski definition) is 8. The topological polar surface area (TPSA) is 110 Å². The number of aromatic nitrogens is 4. The highest BCUT2D eigenvalue weighted by Crippen LogP contribution is 2.51. The molecule has 2 N–H and O–H groups in total. The molecular formula is C27H27N5O3S. The molecule has 0 saturated heterocycles. The molecule has 0 unspecified atom stereocenters. The van der Waals surface area contributed by atoms with Gasteiger partial charge in [0.05, 0.1) is 16.7 Å². The van der Waals surface area contributed by atoms with E-state index in [1.54, 1.807) is 19.4 Å². The van der Waals surface area contributed by atoms with Crippen molar-refractivity contribution in [1.29, 1.82) is 0 Å². The van der Waals surface area contributed by atoms with Gasteiger partial charge in [0.15, 0.2) is 0 Å². The molecule has 1 aliphatic heterocycles. The highest BCUT2D eigenvalue weighted by atomic mass is 32.1. The van der Waals surface area contributed by atoms with Crippen LogP contribution >= 0.6 is 11.3 Å². The molecule has 0 bridgehead atoms. The maximum Gasteiger partial charge on any atom is 0.232 e. The quantitative estimate of drug-likeness (QED) is 0.375. The van der Waals surface area contributed by atoms with E-state index in [2.05, 4.69) is 20.5 Å². The minimum Gasteiger partial charge on any atom is -0.420 e. The summed E-state index contributed by atoms with van der Waals surface area (Å²) in [6.45, 7) is 9.20. The van der Waals surface area contributed by atoms with Gasteiger partial charge in [0.1, 0.15) is 5.51 Å². The van der Waals surface area contributed by atoms with Crippen LogP contribution in [-0.4, -0.2) is 31.2 Å². The van der Waals surface area contributed by atoms with Crippen LogP contribution in [0.4, 0.5) is 5.13 Å². The number of anilines is 1. The fraction of sp³-hybridized carbons (Fsp3) is 0.296. The Morgan fingerprint density at radius 3 is 2.28 bits per heavy atom. The molecule has 36 heavy (non-hydrogen) atoms. The summed E-state index contributed by atoms with van der Waals surface area (Å²) in [4.78, 5) is 22.9. The molecule has 0 radical (unpaired) electrons. The third-order valence-corrected chi connectivity index (χ3v) is 7.12.